The third-order valence-electron chi connectivity index (χ3n) is 5.14. The zero-order chi connectivity index (χ0) is 19.0. The maximum atomic E-state index is 12.8. The third-order valence-corrected chi connectivity index (χ3v) is 5.14. The van der Waals surface area contributed by atoms with Crippen molar-refractivity contribution in [2.75, 3.05) is 0 Å². The molecule has 1 unspecified atom stereocenters. The van der Waals surface area contributed by atoms with Crippen LogP contribution in [0, 0.1) is 25.7 Å². The molecule has 0 N–H and O–H groups in total. The van der Waals surface area contributed by atoms with Gasteiger partial charge in [-0.1, -0.05) is 58.0 Å². The van der Waals surface area contributed by atoms with E-state index in [4.69, 9.17) is 4.74 Å². The number of ether oxygens (including phenoxy) is 1. The van der Waals surface area contributed by atoms with Crippen LogP contribution in [0.5, 0.6) is 5.75 Å². The van der Waals surface area contributed by atoms with Gasteiger partial charge in [-0.05, 0) is 66.3 Å². The van der Waals surface area contributed by atoms with E-state index in [1.54, 1.807) is 0 Å². The maximum Gasteiger partial charge on any atom is 0.323 e. The molecular formula is C24H30O2. The van der Waals surface area contributed by atoms with Gasteiger partial charge in [-0.3, -0.25) is 4.79 Å². The molecule has 0 fully saturated rings. The Morgan fingerprint density at radius 3 is 2.23 bits per heavy atom. The molecule has 1 aliphatic heterocycles. The monoisotopic (exact) mass is 350 g/mol. The molecule has 0 amide bonds. The normalized spacial score (nSPS) is 16.3. The summed E-state index contributed by atoms with van der Waals surface area (Å²) in [4.78, 5) is 12.8. The number of esters is 1. The minimum Gasteiger partial charge on any atom is -0.425 e. The number of hydrogen-bond donors (Lipinski definition) is 0. The molecule has 3 rings (SSSR count). The first kappa shape index (κ1) is 18.7. The van der Waals surface area contributed by atoms with Gasteiger partial charge in [0.05, 0.1) is 0 Å². The fourth-order valence-electron chi connectivity index (χ4n) is 3.85. The first-order valence-electron chi connectivity index (χ1n) is 9.70. The summed E-state index contributed by atoms with van der Waals surface area (Å²) in [6.07, 6.45) is 1.95. The molecule has 0 radical (unpaired) electrons. The van der Waals surface area contributed by atoms with Crippen molar-refractivity contribution in [3.8, 4) is 5.75 Å². The van der Waals surface area contributed by atoms with E-state index < -0.39 is 0 Å². The minimum atomic E-state index is -0.303. The topological polar surface area (TPSA) is 26.3 Å². The predicted octanol–water partition coefficient (Wildman–Crippen LogP) is 5.75. The van der Waals surface area contributed by atoms with Crippen molar-refractivity contribution in [2.24, 2.45) is 11.8 Å². The summed E-state index contributed by atoms with van der Waals surface area (Å²) in [7, 11) is 0. The third kappa shape index (κ3) is 3.70. The lowest BCUT2D eigenvalue weighted by Gasteiger charge is -2.15. The number of fused-ring (bicyclic) bond motifs is 1. The number of aryl methyl sites for hydroxylation is 2. The van der Waals surface area contributed by atoms with E-state index >= 15 is 0 Å². The van der Waals surface area contributed by atoms with Gasteiger partial charge in [-0.2, -0.15) is 0 Å². The SMILES string of the molecule is Cc1ccc(C2C(=O)Oc3c(CC(C)C)cc(CC(C)C)cc32)cc1C. The van der Waals surface area contributed by atoms with Crippen molar-refractivity contribution in [3.63, 3.8) is 0 Å². The second-order valence-electron chi connectivity index (χ2n) is 8.57. The quantitative estimate of drug-likeness (QED) is 0.507. The number of carbonyl (C=O) groups excluding carboxylic acids is 1. The van der Waals surface area contributed by atoms with Crippen molar-refractivity contribution in [1.29, 1.82) is 0 Å². The Balaban J connectivity index is 2.12. The molecule has 2 nitrogen and oxygen atoms in total. The molecule has 1 aliphatic rings. The van der Waals surface area contributed by atoms with E-state index in [1.807, 2.05) is 0 Å². The second-order valence-corrected chi connectivity index (χ2v) is 8.57. The highest BCUT2D eigenvalue weighted by Gasteiger charge is 2.36. The summed E-state index contributed by atoms with van der Waals surface area (Å²) < 4.78 is 5.80. The highest BCUT2D eigenvalue weighted by Crippen LogP contribution is 2.43. The number of hydrogen-bond acceptors (Lipinski definition) is 2. The lowest BCUT2D eigenvalue weighted by atomic mass is 9.86. The Hall–Kier alpha value is -2.09. The smallest absolute Gasteiger partial charge is 0.323 e. The van der Waals surface area contributed by atoms with E-state index in [2.05, 4.69) is 71.9 Å². The van der Waals surface area contributed by atoms with Crippen LogP contribution in [0.4, 0.5) is 0 Å². The molecule has 0 bridgehead atoms. The fourth-order valence-corrected chi connectivity index (χ4v) is 3.85. The summed E-state index contributed by atoms with van der Waals surface area (Å²) >= 11 is 0. The van der Waals surface area contributed by atoms with Gasteiger partial charge in [0.2, 0.25) is 0 Å². The minimum absolute atomic E-state index is 0.144. The van der Waals surface area contributed by atoms with Crippen LogP contribution in [-0.2, 0) is 17.6 Å². The van der Waals surface area contributed by atoms with E-state index in [9.17, 15) is 4.79 Å². The largest absolute Gasteiger partial charge is 0.425 e. The van der Waals surface area contributed by atoms with Crippen molar-refractivity contribution in [3.05, 3.63) is 63.7 Å². The molecule has 0 aliphatic carbocycles. The summed E-state index contributed by atoms with van der Waals surface area (Å²) in [6, 6.07) is 10.7. The first-order chi connectivity index (χ1) is 12.3. The molecule has 0 saturated carbocycles. The van der Waals surface area contributed by atoms with E-state index in [0.29, 0.717) is 11.8 Å². The number of carbonyl (C=O) groups is 1. The molecule has 0 spiro atoms. The Labute approximate surface area is 157 Å². The lowest BCUT2D eigenvalue weighted by Crippen LogP contribution is -2.12. The van der Waals surface area contributed by atoms with Crippen molar-refractivity contribution in [2.45, 2.75) is 60.3 Å². The van der Waals surface area contributed by atoms with Gasteiger partial charge >= 0.3 is 5.97 Å². The van der Waals surface area contributed by atoms with Gasteiger partial charge in [0, 0.05) is 5.56 Å². The van der Waals surface area contributed by atoms with Crippen LogP contribution in [-0.4, -0.2) is 5.97 Å². The second kappa shape index (κ2) is 7.26. The van der Waals surface area contributed by atoms with Crippen LogP contribution in [0.3, 0.4) is 0 Å². The van der Waals surface area contributed by atoms with Crippen LogP contribution < -0.4 is 4.74 Å². The fraction of sp³-hybridized carbons (Fsp3) is 0.458. The maximum absolute atomic E-state index is 12.8. The molecule has 1 heterocycles. The molecule has 138 valence electrons. The van der Waals surface area contributed by atoms with Crippen molar-refractivity contribution in [1.82, 2.24) is 0 Å². The predicted molar refractivity (Wildman–Crippen MR) is 107 cm³/mol. The Kier molecular flexibility index (Phi) is 5.22. The van der Waals surface area contributed by atoms with E-state index in [1.165, 1.54) is 22.3 Å². The van der Waals surface area contributed by atoms with Crippen molar-refractivity contribution >= 4 is 5.97 Å². The molecule has 0 aromatic heterocycles. The average molecular weight is 351 g/mol. The summed E-state index contributed by atoms with van der Waals surface area (Å²) in [5.41, 5.74) is 7.02. The first-order valence-corrected chi connectivity index (χ1v) is 9.70. The molecule has 2 heteroatoms. The van der Waals surface area contributed by atoms with Crippen LogP contribution >= 0.6 is 0 Å². The number of rotatable bonds is 5. The summed E-state index contributed by atoms with van der Waals surface area (Å²) in [5.74, 6) is 1.46. The molecule has 26 heavy (non-hydrogen) atoms. The van der Waals surface area contributed by atoms with Gasteiger partial charge in [-0.15, -0.1) is 0 Å². The molecule has 1 atom stereocenters. The van der Waals surface area contributed by atoms with E-state index in [0.717, 1.165) is 29.7 Å². The van der Waals surface area contributed by atoms with Gasteiger partial charge in [0.15, 0.2) is 0 Å². The molecule has 2 aromatic carbocycles. The van der Waals surface area contributed by atoms with Crippen LogP contribution in [0.15, 0.2) is 30.3 Å². The highest BCUT2D eigenvalue weighted by molar-refractivity contribution is 5.90. The molecule has 2 aromatic rings. The van der Waals surface area contributed by atoms with E-state index in [-0.39, 0.29) is 11.9 Å². The van der Waals surface area contributed by atoms with Crippen LogP contribution in [0.25, 0.3) is 0 Å². The van der Waals surface area contributed by atoms with Crippen molar-refractivity contribution < 1.29 is 9.53 Å². The van der Waals surface area contributed by atoms with Gasteiger partial charge in [0.1, 0.15) is 11.7 Å². The Bertz CT molecular complexity index is 830. The average Bonchev–Trinajstić information content (AvgIpc) is 2.85. The highest BCUT2D eigenvalue weighted by atomic mass is 16.5. The van der Waals surface area contributed by atoms with Crippen LogP contribution in [0.2, 0.25) is 0 Å². The molecular weight excluding hydrogens is 320 g/mol. The number of benzene rings is 2. The van der Waals surface area contributed by atoms with Gasteiger partial charge in [0.25, 0.3) is 0 Å². The molecule has 0 saturated heterocycles. The summed E-state index contributed by atoms with van der Waals surface area (Å²) in [6.45, 7) is 13.1. The summed E-state index contributed by atoms with van der Waals surface area (Å²) in [5, 5.41) is 0. The van der Waals surface area contributed by atoms with Gasteiger partial charge < -0.3 is 4.74 Å². The Morgan fingerprint density at radius 1 is 0.923 bits per heavy atom. The van der Waals surface area contributed by atoms with Gasteiger partial charge in [-0.25, -0.2) is 0 Å². The zero-order valence-electron chi connectivity index (χ0n) is 16.8. The van der Waals surface area contributed by atoms with Crippen LogP contribution in [0.1, 0.15) is 67.0 Å². The zero-order valence-corrected chi connectivity index (χ0v) is 16.8. The Morgan fingerprint density at radius 2 is 1.62 bits per heavy atom. The standard InChI is InChI=1S/C24H30O2/c1-14(2)9-18-12-20(10-15(3)4)23-21(13-18)22(24(25)26-23)19-8-7-16(5)17(6)11-19/h7-8,11-15,22H,9-10H2,1-6H3. The lowest BCUT2D eigenvalue weighted by molar-refractivity contribution is -0.133.